The maximum atomic E-state index is 5.59. The number of hydrazone groups is 1. The van der Waals surface area contributed by atoms with Crippen LogP contribution in [0.4, 0.5) is 0 Å². The Balaban J connectivity index is 3.07. The zero-order chi connectivity index (χ0) is 12.0. The van der Waals surface area contributed by atoms with E-state index in [9.17, 15) is 0 Å². The zero-order valence-electron chi connectivity index (χ0n) is 9.37. The van der Waals surface area contributed by atoms with E-state index in [4.69, 9.17) is 15.3 Å². The van der Waals surface area contributed by atoms with Crippen molar-refractivity contribution in [3.05, 3.63) is 22.2 Å². The molecule has 0 aliphatic carbocycles. The van der Waals surface area contributed by atoms with Crippen LogP contribution in [-0.4, -0.2) is 19.9 Å². The predicted octanol–water partition coefficient (Wildman–Crippen LogP) is 2.54. The minimum absolute atomic E-state index is 0.652. The molecule has 0 spiro atoms. The maximum absolute atomic E-state index is 5.59. The topological polar surface area (TPSA) is 56.8 Å². The highest BCUT2D eigenvalue weighted by molar-refractivity contribution is 9.10. The molecular weight excluding hydrogens is 272 g/mol. The van der Waals surface area contributed by atoms with Crippen molar-refractivity contribution >= 4 is 22.1 Å². The van der Waals surface area contributed by atoms with Crippen molar-refractivity contribution in [3.63, 3.8) is 0 Å². The Morgan fingerprint density at radius 3 is 2.81 bits per heavy atom. The molecule has 0 unspecified atom stereocenters. The predicted molar refractivity (Wildman–Crippen MR) is 68.3 cm³/mol. The number of rotatable bonds is 5. The monoisotopic (exact) mass is 286 g/mol. The lowest BCUT2D eigenvalue weighted by Gasteiger charge is -2.12. The number of benzene rings is 1. The molecule has 0 radical (unpaired) electrons. The molecule has 0 bridgehead atoms. The van der Waals surface area contributed by atoms with Crippen molar-refractivity contribution in [2.24, 2.45) is 10.9 Å². The Morgan fingerprint density at radius 2 is 2.25 bits per heavy atom. The first-order chi connectivity index (χ1) is 7.72. The van der Waals surface area contributed by atoms with Gasteiger partial charge in [0.15, 0.2) is 11.5 Å². The summed E-state index contributed by atoms with van der Waals surface area (Å²) in [5.41, 5.74) is 0.857. The summed E-state index contributed by atoms with van der Waals surface area (Å²) in [4.78, 5) is 0. The van der Waals surface area contributed by atoms with Crippen LogP contribution in [0.2, 0.25) is 0 Å². The quantitative estimate of drug-likeness (QED) is 0.514. The van der Waals surface area contributed by atoms with Gasteiger partial charge in [0.25, 0.3) is 0 Å². The van der Waals surface area contributed by atoms with Crippen LogP contribution in [0, 0.1) is 0 Å². The van der Waals surface area contributed by atoms with Crippen molar-refractivity contribution in [3.8, 4) is 11.5 Å². The van der Waals surface area contributed by atoms with E-state index >= 15 is 0 Å². The van der Waals surface area contributed by atoms with Crippen LogP contribution in [0.25, 0.3) is 0 Å². The molecule has 1 aromatic rings. The average Bonchev–Trinajstić information content (AvgIpc) is 2.27. The summed E-state index contributed by atoms with van der Waals surface area (Å²) in [7, 11) is 1.60. The summed E-state index contributed by atoms with van der Waals surface area (Å²) in [6.45, 7) is 2.70. The van der Waals surface area contributed by atoms with E-state index in [2.05, 4.69) is 28.0 Å². The third kappa shape index (κ3) is 3.13. The largest absolute Gasteiger partial charge is 0.493 e. The van der Waals surface area contributed by atoms with Crippen molar-refractivity contribution in [1.29, 1.82) is 0 Å². The fourth-order valence-electron chi connectivity index (χ4n) is 1.24. The molecule has 0 heterocycles. The highest BCUT2D eigenvalue weighted by Gasteiger charge is 2.10. The average molecular weight is 287 g/mol. The lowest BCUT2D eigenvalue weighted by atomic mass is 10.2. The molecule has 0 aromatic heterocycles. The van der Waals surface area contributed by atoms with E-state index in [1.807, 2.05) is 12.1 Å². The number of hydrogen-bond donors (Lipinski definition) is 1. The van der Waals surface area contributed by atoms with Gasteiger partial charge in [-0.15, -0.1) is 0 Å². The Hall–Kier alpha value is -1.23. The summed E-state index contributed by atoms with van der Waals surface area (Å²) in [5.74, 6) is 6.47. The second-order valence-corrected chi connectivity index (χ2v) is 4.02. The molecule has 0 amide bonds. The summed E-state index contributed by atoms with van der Waals surface area (Å²) in [6, 6.07) is 3.70. The molecule has 1 rings (SSSR count). The molecule has 0 fully saturated rings. The van der Waals surface area contributed by atoms with Crippen LogP contribution in [-0.2, 0) is 0 Å². The molecule has 0 aliphatic rings. The SMILES string of the molecule is CCCOc1c(Br)cc(/C=N\N)cc1OC. The molecule has 16 heavy (non-hydrogen) atoms. The molecular formula is C11H15BrN2O2. The summed E-state index contributed by atoms with van der Waals surface area (Å²) >= 11 is 3.43. The first-order valence-corrected chi connectivity index (χ1v) is 5.75. The van der Waals surface area contributed by atoms with Crippen LogP contribution in [0.3, 0.4) is 0 Å². The number of methoxy groups -OCH3 is 1. The second-order valence-electron chi connectivity index (χ2n) is 3.16. The van der Waals surface area contributed by atoms with Crippen molar-refractivity contribution in [1.82, 2.24) is 0 Å². The van der Waals surface area contributed by atoms with E-state index < -0.39 is 0 Å². The summed E-state index contributed by atoms with van der Waals surface area (Å²) in [6.07, 6.45) is 2.50. The maximum Gasteiger partial charge on any atom is 0.175 e. The number of nitrogens with two attached hydrogens (primary N) is 1. The van der Waals surface area contributed by atoms with Crippen molar-refractivity contribution in [2.45, 2.75) is 13.3 Å². The van der Waals surface area contributed by atoms with Crippen LogP contribution in [0.5, 0.6) is 11.5 Å². The Labute approximate surface area is 104 Å². The van der Waals surface area contributed by atoms with E-state index in [1.165, 1.54) is 0 Å². The van der Waals surface area contributed by atoms with Crippen LogP contribution >= 0.6 is 15.9 Å². The van der Waals surface area contributed by atoms with Gasteiger partial charge >= 0.3 is 0 Å². The second kappa shape index (κ2) is 6.37. The minimum atomic E-state index is 0.652. The normalized spacial score (nSPS) is 10.7. The van der Waals surface area contributed by atoms with Gasteiger partial charge in [-0.1, -0.05) is 6.92 Å². The Kier molecular flexibility index (Phi) is 5.11. The minimum Gasteiger partial charge on any atom is -0.493 e. The van der Waals surface area contributed by atoms with Gasteiger partial charge in [0.05, 0.1) is 24.4 Å². The lowest BCUT2D eigenvalue weighted by Crippen LogP contribution is -2.00. The standard InChI is InChI=1S/C11H15BrN2O2/c1-3-4-16-11-9(12)5-8(7-14-13)6-10(11)15-2/h5-7H,3-4,13H2,1-2H3/b14-7-. The molecule has 5 heteroatoms. The van der Waals surface area contributed by atoms with E-state index in [0.717, 1.165) is 16.5 Å². The number of halogens is 1. The third-order valence-electron chi connectivity index (χ3n) is 1.93. The van der Waals surface area contributed by atoms with E-state index in [-0.39, 0.29) is 0 Å². The van der Waals surface area contributed by atoms with E-state index in [1.54, 1.807) is 13.3 Å². The lowest BCUT2D eigenvalue weighted by molar-refractivity contribution is 0.292. The fraction of sp³-hybridized carbons (Fsp3) is 0.364. The fourth-order valence-corrected chi connectivity index (χ4v) is 1.82. The smallest absolute Gasteiger partial charge is 0.175 e. The van der Waals surface area contributed by atoms with Gasteiger partial charge < -0.3 is 15.3 Å². The molecule has 0 aliphatic heterocycles. The summed E-state index contributed by atoms with van der Waals surface area (Å²) in [5, 5.41) is 3.47. The number of nitrogens with zero attached hydrogens (tertiary/aromatic N) is 1. The van der Waals surface area contributed by atoms with Crippen LogP contribution in [0.15, 0.2) is 21.7 Å². The van der Waals surface area contributed by atoms with Gasteiger partial charge in [-0.05, 0) is 40.0 Å². The third-order valence-corrected chi connectivity index (χ3v) is 2.51. The molecule has 4 nitrogen and oxygen atoms in total. The van der Waals surface area contributed by atoms with Crippen LogP contribution in [0.1, 0.15) is 18.9 Å². The van der Waals surface area contributed by atoms with Crippen molar-refractivity contribution in [2.75, 3.05) is 13.7 Å². The number of ether oxygens (including phenoxy) is 2. The Morgan fingerprint density at radius 1 is 1.50 bits per heavy atom. The molecule has 2 N–H and O–H groups in total. The first kappa shape index (κ1) is 12.8. The van der Waals surface area contributed by atoms with Gasteiger partial charge in [-0.3, -0.25) is 0 Å². The van der Waals surface area contributed by atoms with Crippen LogP contribution < -0.4 is 15.3 Å². The molecule has 1 aromatic carbocycles. The molecule has 88 valence electrons. The van der Waals surface area contributed by atoms with Gasteiger partial charge in [-0.25, -0.2) is 0 Å². The highest BCUT2D eigenvalue weighted by atomic mass is 79.9. The van der Waals surface area contributed by atoms with E-state index in [0.29, 0.717) is 18.1 Å². The molecule has 0 saturated carbocycles. The van der Waals surface area contributed by atoms with Gasteiger partial charge in [-0.2, -0.15) is 5.10 Å². The summed E-state index contributed by atoms with van der Waals surface area (Å²) < 4.78 is 11.7. The first-order valence-electron chi connectivity index (χ1n) is 4.96. The Bertz CT molecular complexity index is 380. The van der Waals surface area contributed by atoms with Gasteiger partial charge in [0.1, 0.15) is 0 Å². The zero-order valence-corrected chi connectivity index (χ0v) is 11.0. The molecule has 0 atom stereocenters. The van der Waals surface area contributed by atoms with Crippen molar-refractivity contribution < 1.29 is 9.47 Å². The van der Waals surface area contributed by atoms with Gasteiger partial charge in [0, 0.05) is 0 Å². The number of hydrogen-bond acceptors (Lipinski definition) is 4. The highest BCUT2D eigenvalue weighted by Crippen LogP contribution is 2.36. The van der Waals surface area contributed by atoms with Gasteiger partial charge in [0.2, 0.25) is 0 Å². The molecule has 0 saturated heterocycles.